The number of halogens is 1. The molecule has 0 bridgehead atoms. The maximum atomic E-state index is 12.3. The molecule has 0 saturated carbocycles. The predicted molar refractivity (Wildman–Crippen MR) is 113 cm³/mol. The first-order valence-electron chi connectivity index (χ1n) is 8.25. The van der Waals surface area contributed by atoms with Gasteiger partial charge in [-0.3, -0.25) is 4.79 Å². The van der Waals surface area contributed by atoms with Gasteiger partial charge in [0, 0.05) is 22.0 Å². The Morgan fingerprint density at radius 2 is 2.00 bits per heavy atom. The first kappa shape index (κ1) is 17.6. The molecule has 2 aromatic carbocycles. The molecule has 1 aromatic heterocycles. The van der Waals surface area contributed by atoms with Crippen molar-refractivity contribution < 1.29 is 4.79 Å². The number of aromatic nitrogens is 1. The van der Waals surface area contributed by atoms with Crippen LogP contribution in [0.5, 0.6) is 0 Å². The summed E-state index contributed by atoms with van der Waals surface area (Å²) in [6.07, 6.45) is 1.82. The van der Waals surface area contributed by atoms with Crippen LogP contribution in [-0.4, -0.2) is 16.2 Å². The van der Waals surface area contributed by atoms with Gasteiger partial charge < -0.3 is 9.88 Å². The Morgan fingerprint density at radius 3 is 2.78 bits per heavy atom. The number of nitrogens with zero attached hydrogens (tertiary/aromatic N) is 3. The highest BCUT2D eigenvalue weighted by Gasteiger charge is 2.26. The fourth-order valence-corrected chi connectivity index (χ4v) is 4.10. The average Bonchev–Trinajstić information content (AvgIpc) is 3.21. The van der Waals surface area contributed by atoms with Gasteiger partial charge in [-0.15, -0.1) is 28.1 Å². The van der Waals surface area contributed by atoms with Crippen molar-refractivity contribution in [2.45, 2.75) is 6.54 Å². The van der Waals surface area contributed by atoms with E-state index in [1.165, 1.54) is 11.3 Å². The van der Waals surface area contributed by atoms with Gasteiger partial charge in [0.15, 0.2) is 5.71 Å². The molecule has 7 heteroatoms. The normalized spacial score (nSPS) is 15.1. The van der Waals surface area contributed by atoms with Crippen LogP contribution in [0.2, 0.25) is 0 Å². The van der Waals surface area contributed by atoms with Crippen molar-refractivity contribution >= 4 is 44.6 Å². The third kappa shape index (κ3) is 3.43. The lowest BCUT2D eigenvalue weighted by Gasteiger charge is -2.05. The Balaban J connectivity index is 1.81. The highest BCUT2D eigenvalue weighted by atomic mass is 79.9. The highest BCUT2D eigenvalue weighted by Crippen LogP contribution is 2.27. The zero-order valence-electron chi connectivity index (χ0n) is 14.2. The second-order valence-corrected chi connectivity index (χ2v) is 7.61. The number of anilines is 1. The van der Waals surface area contributed by atoms with E-state index in [4.69, 9.17) is 0 Å². The molecule has 0 radical (unpaired) electrons. The first-order valence-corrected chi connectivity index (χ1v) is 9.92. The maximum absolute atomic E-state index is 12.3. The molecule has 5 nitrogen and oxygen atoms in total. The zero-order chi connectivity index (χ0) is 18.8. The fraction of sp³-hybridized carbons (Fsp3) is 0.0500. The molecule has 134 valence electrons. The lowest BCUT2D eigenvalue weighted by atomic mass is 10.1. The van der Waals surface area contributed by atoms with Crippen molar-refractivity contribution in [1.82, 2.24) is 4.57 Å². The highest BCUT2D eigenvalue weighted by molar-refractivity contribution is 9.10. The molecule has 0 fully saturated rings. The van der Waals surface area contributed by atoms with E-state index in [0.717, 1.165) is 27.0 Å². The van der Waals surface area contributed by atoms with Crippen LogP contribution in [0.3, 0.4) is 0 Å². The lowest BCUT2D eigenvalue weighted by molar-refractivity contribution is -0.110. The van der Waals surface area contributed by atoms with Crippen molar-refractivity contribution in [3.8, 4) is 11.3 Å². The molecule has 0 atom stereocenters. The minimum atomic E-state index is -0.248. The largest absolute Gasteiger partial charge is 0.320 e. The smallest absolute Gasteiger partial charge is 0.276 e. The topological polar surface area (TPSA) is 58.8 Å². The number of hydrogen-bond acceptors (Lipinski definition) is 4. The molecule has 1 amide bonds. The van der Waals surface area contributed by atoms with Crippen molar-refractivity contribution in [3.05, 3.63) is 81.4 Å². The van der Waals surface area contributed by atoms with E-state index in [0.29, 0.717) is 17.1 Å². The van der Waals surface area contributed by atoms with Crippen LogP contribution in [0.15, 0.2) is 81.2 Å². The molecule has 1 aliphatic rings. The summed E-state index contributed by atoms with van der Waals surface area (Å²) in [5.41, 5.74) is 3.93. The van der Waals surface area contributed by atoms with Crippen molar-refractivity contribution in [2.24, 2.45) is 10.2 Å². The number of fused-ring (bicyclic) bond motifs is 1. The minimum absolute atomic E-state index is 0.248. The number of allylic oxidation sites excluding steroid dienone is 1. The van der Waals surface area contributed by atoms with Crippen LogP contribution in [0, 0.1) is 0 Å². The van der Waals surface area contributed by atoms with Gasteiger partial charge in [-0.2, -0.15) is 0 Å². The third-order valence-corrected chi connectivity index (χ3v) is 5.46. The molecule has 2 heterocycles. The summed E-state index contributed by atoms with van der Waals surface area (Å²) in [5, 5.41) is 13.5. The number of carbonyl (C=O) groups excluding carboxylic acids is 1. The molecule has 0 spiro atoms. The monoisotopic (exact) mass is 438 g/mol. The lowest BCUT2D eigenvalue weighted by Crippen LogP contribution is -2.17. The van der Waals surface area contributed by atoms with E-state index >= 15 is 0 Å². The number of thiazole rings is 1. The van der Waals surface area contributed by atoms with E-state index in [1.807, 2.05) is 52.4 Å². The first-order chi connectivity index (χ1) is 13.2. The number of carbonyl (C=O) groups is 1. The summed E-state index contributed by atoms with van der Waals surface area (Å²) in [7, 11) is 0. The van der Waals surface area contributed by atoms with E-state index in [-0.39, 0.29) is 5.91 Å². The van der Waals surface area contributed by atoms with Crippen molar-refractivity contribution in [3.63, 3.8) is 0 Å². The number of benzene rings is 2. The number of rotatable bonds is 4. The van der Waals surface area contributed by atoms with Crippen LogP contribution >= 0.6 is 27.3 Å². The van der Waals surface area contributed by atoms with E-state index < -0.39 is 0 Å². The van der Waals surface area contributed by atoms with E-state index in [2.05, 4.69) is 50.2 Å². The summed E-state index contributed by atoms with van der Waals surface area (Å²) in [6, 6.07) is 15.7. The molecule has 27 heavy (non-hydrogen) atoms. The Bertz CT molecular complexity index is 1130. The fourth-order valence-electron chi connectivity index (χ4n) is 2.87. The third-order valence-electron chi connectivity index (χ3n) is 4.11. The van der Waals surface area contributed by atoms with Crippen molar-refractivity contribution in [1.29, 1.82) is 0 Å². The SMILES string of the molecule is C=CCn1c(-c2ccccc2)cs/c1=N/N=C1\C(=O)Nc2ccc(Br)cc21. The summed E-state index contributed by atoms with van der Waals surface area (Å²) in [4.78, 5) is 13.0. The van der Waals surface area contributed by atoms with Crippen LogP contribution in [0.1, 0.15) is 5.56 Å². The molecule has 0 saturated heterocycles. The van der Waals surface area contributed by atoms with E-state index in [1.54, 1.807) is 0 Å². The van der Waals surface area contributed by atoms with Gasteiger partial charge in [0.05, 0.1) is 11.4 Å². The van der Waals surface area contributed by atoms with Crippen LogP contribution in [0.4, 0.5) is 5.69 Å². The second kappa shape index (κ2) is 7.46. The summed E-state index contributed by atoms with van der Waals surface area (Å²) >= 11 is 4.91. The minimum Gasteiger partial charge on any atom is -0.320 e. The summed E-state index contributed by atoms with van der Waals surface area (Å²) in [6.45, 7) is 4.44. The van der Waals surface area contributed by atoms with Crippen molar-refractivity contribution in [2.75, 3.05) is 5.32 Å². The van der Waals surface area contributed by atoms with Gasteiger partial charge in [-0.05, 0) is 23.8 Å². The molecular formula is C20H15BrN4OS. The van der Waals surface area contributed by atoms with Crippen LogP contribution < -0.4 is 10.1 Å². The standard InChI is InChI=1S/C20H15BrN4OS/c1-2-10-25-17(13-6-4-3-5-7-13)12-27-20(25)24-23-18-15-11-14(21)8-9-16(15)22-19(18)26/h2-9,11-12H,1,10H2,(H,22,23,26)/b24-20+. The molecule has 0 unspecified atom stereocenters. The summed E-state index contributed by atoms with van der Waals surface area (Å²) in [5.74, 6) is -0.248. The van der Waals surface area contributed by atoms with Gasteiger partial charge in [0.2, 0.25) is 4.80 Å². The predicted octanol–water partition coefficient (Wildman–Crippen LogP) is 4.42. The van der Waals surface area contributed by atoms with Gasteiger partial charge in [-0.25, -0.2) is 0 Å². The average molecular weight is 439 g/mol. The molecule has 1 N–H and O–H groups in total. The van der Waals surface area contributed by atoms with Gasteiger partial charge in [0.25, 0.3) is 5.91 Å². The second-order valence-electron chi connectivity index (χ2n) is 5.86. The molecule has 0 aliphatic carbocycles. The van der Waals surface area contributed by atoms with Gasteiger partial charge >= 0.3 is 0 Å². The van der Waals surface area contributed by atoms with Crippen LogP contribution in [0.25, 0.3) is 11.3 Å². The van der Waals surface area contributed by atoms with Crippen LogP contribution in [-0.2, 0) is 11.3 Å². The molecular weight excluding hydrogens is 424 g/mol. The number of amides is 1. The van der Waals surface area contributed by atoms with E-state index in [9.17, 15) is 4.79 Å². The van der Waals surface area contributed by atoms with Gasteiger partial charge in [0.1, 0.15) is 0 Å². The molecule has 4 rings (SSSR count). The Labute approximate surface area is 168 Å². The molecule has 3 aromatic rings. The molecule has 1 aliphatic heterocycles. The Morgan fingerprint density at radius 1 is 1.19 bits per heavy atom. The Hall–Kier alpha value is -2.77. The number of nitrogens with one attached hydrogen (secondary N) is 1. The Kier molecular flexibility index (Phi) is 4.87. The number of hydrogen-bond donors (Lipinski definition) is 1. The quantitative estimate of drug-likeness (QED) is 0.475. The zero-order valence-corrected chi connectivity index (χ0v) is 16.6. The maximum Gasteiger partial charge on any atom is 0.276 e. The summed E-state index contributed by atoms with van der Waals surface area (Å²) < 4.78 is 2.92. The van der Waals surface area contributed by atoms with Gasteiger partial charge in [-0.1, -0.05) is 52.3 Å².